The van der Waals surface area contributed by atoms with Gasteiger partial charge in [-0.15, -0.1) is 0 Å². The maximum Gasteiger partial charge on any atom is 0.310 e. The van der Waals surface area contributed by atoms with Gasteiger partial charge in [-0.3, -0.25) is 19.2 Å². The summed E-state index contributed by atoms with van der Waals surface area (Å²) in [5.41, 5.74) is 0. The molecule has 0 saturated heterocycles. The largest absolute Gasteiger partial charge is 0.481 e. The van der Waals surface area contributed by atoms with Crippen LogP contribution in [-0.2, 0) is 40.9 Å². The van der Waals surface area contributed by atoms with Crippen molar-refractivity contribution in [2.45, 2.75) is 92.3 Å². The van der Waals surface area contributed by atoms with Gasteiger partial charge in [-0.05, 0) is 40.5 Å². The van der Waals surface area contributed by atoms with E-state index in [0.29, 0.717) is 12.8 Å². The summed E-state index contributed by atoms with van der Waals surface area (Å²) in [7, 11) is 0. The number of hydrogen-bond acceptors (Lipinski definition) is 6. The Balaban J connectivity index is -0.0000000601. The monoisotopic (exact) mass is 458 g/mol. The van der Waals surface area contributed by atoms with Crippen molar-refractivity contribution in [2.24, 2.45) is 0 Å². The van der Waals surface area contributed by atoms with Crippen LogP contribution in [0.25, 0.3) is 0 Å². The van der Waals surface area contributed by atoms with Gasteiger partial charge in [0.1, 0.15) is 24.4 Å². The van der Waals surface area contributed by atoms with Crippen molar-refractivity contribution >= 4 is 40.9 Å². The van der Waals surface area contributed by atoms with Crippen LogP contribution >= 0.6 is 0 Å². The zero-order chi connectivity index (χ0) is 21.7. The Hall–Kier alpha value is -0.553. The summed E-state index contributed by atoms with van der Waals surface area (Å²) in [6, 6.07) is 0. The van der Waals surface area contributed by atoms with Crippen molar-refractivity contribution in [2.75, 3.05) is 0 Å². The molecule has 10 heteroatoms. The number of carboxylic acids is 2. The Bertz CT molecular complexity index is 346. The number of aliphatic hydroxyl groups is 2. The Labute approximate surface area is 194 Å². The standard InChI is InChI=1S/2C6H10O3.2C3H8O.Al.Ti.3H/c2*1-2-3-5(7)4-6(8)9;2*1-3(2)4;;;;;/h2*2-4H2,1H3,(H,8,9);2*3-4H,1-2H3;;;;;. The predicted octanol–water partition coefficient (Wildman–Crippen LogP) is 1.25. The zero-order valence-corrected chi connectivity index (χ0v) is 18.9. The zero-order valence-electron chi connectivity index (χ0n) is 17.3. The summed E-state index contributed by atoms with van der Waals surface area (Å²) in [6.45, 7) is 10.6. The van der Waals surface area contributed by atoms with E-state index < -0.39 is 11.9 Å². The first-order chi connectivity index (χ1) is 11.8. The molecule has 0 amide bonds. The minimum Gasteiger partial charge on any atom is -0.481 e. The molecule has 0 aliphatic carbocycles. The van der Waals surface area contributed by atoms with E-state index in [0.717, 1.165) is 12.8 Å². The molecule has 0 atom stereocenters. The van der Waals surface area contributed by atoms with E-state index >= 15 is 0 Å². The Morgan fingerprint density at radius 3 is 0.964 bits per heavy atom. The van der Waals surface area contributed by atoms with Crippen LogP contribution in [0.4, 0.5) is 0 Å². The van der Waals surface area contributed by atoms with Crippen molar-refractivity contribution in [3.05, 3.63) is 0 Å². The summed E-state index contributed by atoms with van der Waals surface area (Å²) in [6.07, 6.45) is 1.23. The fourth-order valence-corrected chi connectivity index (χ4v) is 1.07. The number of Topliss-reactive ketones (excluding diaryl/α,β-unsaturated/α-hetero) is 2. The molecule has 0 aliphatic rings. The van der Waals surface area contributed by atoms with E-state index in [-0.39, 0.29) is 75.7 Å². The molecule has 0 radical (unpaired) electrons. The SMILES string of the molecule is CC(C)O.CC(C)O.CCCC(=O)CC(=O)O.CCCC(=O)CC(=O)O.[AlH3].[Ti]. The van der Waals surface area contributed by atoms with Gasteiger partial charge >= 0.3 is 11.9 Å². The molecule has 0 aromatic heterocycles. The number of hydrogen-bond donors (Lipinski definition) is 4. The van der Waals surface area contributed by atoms with Gasteiger partial charge < -0.3 is 20.4 Å². The van der Waals surface area contributed by atoms with Gasteiger partial charge in [-0.25, -0.2) is 0 Å². The molecular weight excluding hydrogens is 419 g/mol. The molecular formula is C18H39AlO8Ti. The molecule has 0 rings (SSSR count). The molecule has 28 heavy (non-hydrogen) atoms. The summed E-state index contributed by atoms with van der Waals surface area (Å²) in [5, 5.41) is 32.3. The van der Waals surface area contributed by atoms with Crippen molar-refractivity contribution in [1.82, 2.24) is 0 Å². The molecule has 0 heterocycles. The van der Waals surface area contributed by atoms with Gasteiger partial charge in [0.25, 0.3) is 0 Å². The van der Waals surface area contributed by atoms with Gasteiger partial charge in [0.15, 0.2) is 17.4 Å². The molecule has 0 aromatic rings. The van der Waals surface area contributed by atoms with Gasteiger partial charge in [-0.2, -0.15) is 0 Å². The Morgan fingerprint density at radius 1 is 0.679 bits per heavy atom. The molecule has 166 valence electrons. The number of aliphatic carboxylic acids is 2. The van der Waals surface area contributed by atoms with Crippen LogP contribution in [-0.4, -0.2) is 73.5 Å². The molecule has 0 aliphatic heterocycles. The van der Waals surface area contributed by atoms with E-state index in [1.165, 1.54) is 0 Å². The van der Waals surface area contributed by atoms with E-state index in [2.05, 4.69) is 0 Å². The fraction of sp³-hybridized carbons (Fsp3) is 0.778. The number of carboxylic acid groups (broad SMARTS) is 2. The van der Waals surface area contributed by atoms with E-state index in [1.807, 2.05) is 13.8 Å². The molecule has 4 N–H and O–H groups in total. The fourth-order valence-electron chi connectivity index (χ4n) is 1.07. The summed E-state index contributed by atoms with van der Waals surface area (Å²) >= 11 is 0. The van der Waals surface area contributed by atoms with Gasteiger partial charge in [0, 0.05) is 46.8 Å². The number of carbonyl (C=O) groups is 4. The maximum atomic E-state index is 10.5. The summed E-state index contributed by atoms with van der Waals surface area (Å²) in [5.74, 6) is -2.45. The van der Waals surface area contributed by atoms with Crippen molar-refractivity contribution in [1.29, 1.82) is 0 Å². The van der Waals surface area contributed by atoms with Crippen molar-refractivity contribution in [3.8, 4) is 0 Å². The third-order valence-electron chi connectivity index (χ3n) is 1.75. The topological polar surface area (TPSA) is 149 Å². The number of carbonyl (C=O) groups excluding carboxylic acids is 2. The van der Waals surface area contributed by atoms with E-state index in [4.69, 9.17) is 20.4 Å². The predicted molar refractivity (Wildman–Crippen MR) is 109 cm³/mol. The molecule has 0 aromatic carbocycles. The summed E-state index contributed by atoms with van der Waals surface area (Å²) in [4.78, 5) is 40.7. The normalized spacial score (nSPS) is 8.36. The first-order valence-electron chi connectivity index (χ1n) is 8.63. The van der Waals surface area contributed by atoms with Crippen LogP contribution < -0.4 is 0 Å². The molecule has 0 spiro atoms. The molecule has 0 bridgehead atoms. The minimum atomic E-state index is -1.03. The Morgan fingerprint density at radius 2 is 0.857 bits per heavy atom. The smallest absolute Gasteiger partial charge is 0.310 e. The van der Waals surface area contributed by atoms with Crippen molar-refractivity contribution < 1.29 is 61.3 Å². The van der Waals surface area contributed by atoms with Gasteiger partial charge in [0.2, 0.25) is 0 Å². The third kappa shape index (κ3) is 84.1. The first-order valence-corrected chi connectivity index (χ1v) is 8.63. The third-order valence-corrected chi connectivity index (χ3v) is 1.75. The molecule has 0 fully saturated rings. The quantitative estimate of drug-likeness (QED) is 0.314. The Kier molecular flexibility index (Phi) is 46.4. The van der Waals surface area contributed by atoms with Crippen LogP contribution in [0.15, 0.2) is 0 Å². The van der Waals surface area contributed by atoms with Crippen LogP contribution in [0, 0.1) is 0 Å². The van der Waals surface area contributed by atoms with Crippen LogP contribution in [0.3, 0.4) is 0 Å². The second-order valence-electron chi connectivity index (χ2n) is 5.91. The van der Waals surface area contributed by atoms with Crippen LogP contribution in [0.1, 0.15) is 80.1 Å². The average Bonchev–Trinajstić information content (AvgIpc) is 2.36. The number of rotatable bonds is 8. The molecule has 0 saturated carbocycles. The van der Waals surface area contributed by atoms with Crippen LogP contribution in [0.2, 0.25) is 0 Å². The molecule has 0 unspecified atom stereocenters. The number of ketones is 2. The van der Waals surface area contributed by atoms with E-state index in [1.54, 1.807) is 27.7 Å². The number of aliphatic hydroxyl groups excluding tert-OH is 2. The van der Waals surface area contributed by atoms with Gasteiger partial charge in [0.05, 0.1) is 0 Å². The average molecular weight is 458 g/mol. The van der Waals surface area contributed by atoms with Gasteiger partial charge in [-0.1, -0.05) is 13.8 Å². The second kappa shape index (κ2) is 31.2. The first kappa shape index (κ1) is 41.7. The summed E-state index contributed by atoms with van der Waals surface area (Å²) < 4.78 is 0. The van der Waals surface area contributed by atoms with Crippen molar-refractivity contribution in [3.63, 3.8) is 0 Å². The minimum absolute atomic E-state index is 0. The maximum absolute atomic E-state index is 10.5. The van der Waals surface area contributed by atoms with E-state index in [9.17, 15) is 19.2 Å². The second-order valence-corrected chi connectivity index (χ2v) is 5.91. The molecule has 8 nitrogen and oxygen atoms in total. The van der Waals surface area contributed by atoms with Crippen LogP contribution in [0.5, 0.6) is 0 Å².